The van der Waals surface area contributed by atoms with Gasteiger partial charge in [0.2, 0.25) is 5.91 Å². The highest BCUT2D eigenvalue weighted by molar-refractivity contribution is 6.30. The van der Waals surface area contributed by atoms with E-state index in [-0.39, 0.29) is 11.8 Å². The molecule has 0 saturated carbocycles. The van der Waals surface area contributed by atoms with Crippen molar-refractivity contribution < 1.29 is 14.3 Å². The highest BCUT2D eigenvalue weighted by Gasteiger charge is 2.28. The third-order valence-electron chi connectivity index (χ3n) is 7.36. The molecule has 1 aromatic heterocycles. The molecule has 0 aliphatic carbocycles. The van der Waals surface area contributed by atoms with Gasteiger partial charge >= 0.3 is 0 Å². The van der Waals surface area contributed by atoms with E-state index < -0.39 is 0 Å². The number of halogens is 1. The molecule has 1 aliphatic heterocycles. The van der Waals surface area contributed by atoms with Crippen LogP contribution in [0.25, 0.3) is 16.9 Å². The average Bonchev–Trinajstić information content (AvgIpc) is 3.29. The quantitative estimate of drug-likeness (QED) is 0.269. The summed E-state index contributed by atoms with van der Waals surface area (Å²) in [6.45, 7) is 6.44. The SMILES string of the molecule is CCCCCCCC(=O)N1CCN(C(=O)c2cc(-c3ccc(Cl)cc3)n(-c3ccc(OC)cc3)c2C)CC1. The molecule has 7 heteroatoms. The van der Waals surface area contributed by atoms with Crippen molar-refractivity contribution in [3.63, 3.8) is 0 Å². The molecule has 1 saturated heterocycles. The Morgan fingerprint density at radius 2 is 1.50 bits per heavy atom. The van der Waals surface area contributed by atoms with Crippen LogP contribution >= 0.6 is 11.6 Å². The summed E-state index contributed by atoms with van der Waals surface area (Å²) in [7, 11) is 1.65. The molecule has 0 atom stereocenters. The van der Waals surface area contributed by atoms with Gasteiger partial charge in [-0.2, -0.15) is 0 Å². The van der Waals surface area contributed by atoms with E-state index in [1.54, 1.807) is 7.11 Å². The molecule has 2 amide bonds. The van der Waals surface area contributed by atoms with Gasteiger partial charge in [-0.1, -0.05) is 56.3 Å². The smallest absolute Gasteiger partial charge is 0.255 e. The van der Waals surface area contributed by atoms with E-state index in [4.69, 9.17) is 16.3 Å². The number of piperazine rings is 1. The summed E-state index contributed by atoms with van der Waals surface area (Å²) in [4.78, 5) is 30.2. The second-order valence-corrected chi connectivity index (χ2v) is 10.3. The molecule has 0 radical (unpaired) electrons. The fourth-order valence-corrected chi connectivity index (χ4v) is 5.21. The van der Waals surface area contributed by atoms with Crippen molar-refractivity contribution in [2.75, 3.05) is 33.3 Å². The number of hydrogen-bond donors (Lipinski definition) is 0. The first-order valence-corrected chi connectivity index (χ1v) is 14.0. The maximum atomic E-state index is 13.7. The summed E-state index contributed by atoms with van der Waals surface area (Å²) < 4.78 is 7.44. The lowest BCUT2D eigenvalue weighted by molar-refractivity contribution is -0.132. The van der Waals surface area contributed by atoms with Crippen LogP contribution in [0, 0.1) is 6.92 Å². The normalized spacial score (nSPS) is 13.6. The highest BCUT2D eigenvalue weighted by atomic mass is 35.5. The first kappa shape index (κ1) is 27.8. The van der Waals surface area contributed by atoms with Gasteiger partial charge < -0.3 is 19.1 Å². The number of nitrogens with zero attached hydrogens (tertiary/aromatic N) is 3. The molecule has 0 unspecified atom stereocenters. The Labute approximate surface area is 231 Å². The van der Waals surface area contributed by atoms with Crippen LogP contribution < -0.4 is 4.74 Å². The molecule has 6 nitrogen and oxygen atoms in total. The molecule has 2 heterocycles. The van der Waals surface area contributed by atoms with Crippen molar-refractivity contribution in [2.45, 2.75) is 52.4 Å². The topological polar surface area (TPSA) is 54.8 Å². The predicted molar refractivity (Wildman–Crippen MR) is 153 cm³/mol. The largest absolute Gasteiger partial charge is 0.497 e. The van der Waals surface area contributed by atoms with Crippen molar-refractivity contribution >= 4 is 23.4 Å². The lowest BCUT2D eigenvalue weighted by Crippen LogP contribution is -2.50. The van der Waals surface area contributed by atoms with E-state index in [0.717, 1.165) is 41.2 Å². The molecule has 38 heavy (non-hydrogen) atoms. The minimum Gasteiger partial charge on any atom is -0.497 e. The third-order valence-corrected chi connectivity index (χ3v) is 7.61. The van der Waals surface area contributed by atoms with E-state index in [1.807, 2.05) is 71.3 Å². The summed E-state index contributed by atoms with van der Waals surface area (Å²) >= 11 is 6.15. The minimum atomic E-state index is -0.00311. The Kier molecular flexibility index (Phi) is 9.51. The Morgan fingerprint density at radius 3 is 2.13 bits per heavy atom. The maximum absolute atomic E-state index is 13.7. The van der Waals surface area contributed by atoms with Gasteiger partial charge in [-0.25, -0.2) is 0 Å². The van der Waals surface area contributed by atoms with Crippen molar-refractivity contribution in [1.29, 1.82) is 0 Å². The van der Waals surface area contributed by atoms with Crippen LogP contribution in [0.5, 0.6) is 5.75 Å². The Balaban J connectivity index is 1.51. The van der Waals surface area contributed by atoms with Crippen LogP contribution in [0.4, 0.5) is 0 Å². The van der Waals surface area contributed by atoms with Crippen molar-refractivity contribution in [3.8, 4) is 22.7 Å². The van der Waals surface area contributed by atoms with Gasteiger partial charge in [0.05, 0.1) is 18.4 Å². The van der Waals surface area contributed by atoms with E-state index in [0.29, 0.717) is 43.2 Å². The molecular formula is C31H38ClN3O3. The van der Waals surface area contributed by atoms with E-state index in [9.17, 15) is 9.59 Å². The van der Waals surface area contributed by atoms with E-state index >= 15 is 0 Å². The number of aromatic nitrogens is 1. The summed E-state index contributed by atoms with van der Waals surface area (Å²) in [5.74, 6) is 0.980. The van der Waals surface area contributed by atoms with Crippen molar-refractivity contribution in [3.05, 3.63) is 70.9 Å². The zero-order valence-electron chi connectivity index (χ0n) is 22.7. The fourth-order valence-electron chi connectivity index (χ4n) is 5.09. The molecule has 3 aromatic rings. The second-order valence-electron chi connectivity index (χ2n) is 9.91. The highest BCUT2D eigenvalue weighted by Crippen LogP contribution is 2.32. The average molecular weight is 536 g/mol. The fraction of sp³-hybridized carbons (Fsp3) is 0.419. The van der Waals surface area contributed by atoms with Gasteiger partial charge in [-0.15, -0.1) is 0 Å². The Hall–Kier alpha value is -3.25. The zero-order chi connectivity index (χ0) is 27.1. The lowest BCUT2D eigenvalue weighted by Gasteiger charge is -2.35. The van der Waals surface area contributed by atoms with Gasteiger partial charge in [-0.05, 0) is 61.4 Å². The van der Waals surface area contributed by atoms with Crippen LogP contribution in [0.3, 0.4) is 0 Å². The van der Waals surface area contributed by atoms with Crippen LogP contribution in [0.15, 0.2) is 54.6 Å². The van der Waals surface area contributed by atoms with E-state index in [2.05, 4.69) is 11.5 Å². The van der Waals surface area contributed by atoms with Crippen LogP contribution in [-0.2, 0) is 4.79 Å². The predicted octanol–water partition coefficient (Wildman–Crippen LogP) is 6.76. The number of carbonyl (C=O) groups is 2. The first-order chi connectivity index (χ1) is 18.4. The lowest BCUT2D eigenvalue weighted by atomic mass is 10.1. The van der Waals surface area contributed by atoms with Crippen LogP contribution in [0.2, 0.25) is 5.02 Å². The molecule has 1 fully saturated rings. The zero-order valence-corrected chi connectivity index (χ0v) is 23.5. The number of ether oxygens (including phenoxy) is 1. The number of methoxy groups -OCH3 is 1. The molecular weight excluding hydrogens is 498 g/mol. The number of benzene rings is 2. The van der Waals surface area contributed by atoms with Crippen molar-refractivity contribution in [2.24, 2.45) is 0 Å². The maximum Gasteiger partial charge on any atom is 0.255 e. The summed E-state index contributed by atoms with van der Waals surface area (Å²) in [6.07, 6.45) is 6.29. The van der Waals surface area contributed by atoms with Gasteiger partial charge in [0.15, 0.2) is 0 Å². The van der Waals surface area contributed by atoms with Gasteiger partial charge in [0, 0.05) is 49.0 Å². The second kappa shape index (κ2) is 13.0. The minimum absolute atomic E-state index is 0.00311. The Morgan fingerprint density at radius 1 is 0.868 bits per heavy atom. The number of unbranched alkanes of at least 4 members (excludes halogenated alkanes) is 4. The van der Waals surface area contributed by atoms with E-state index in [1.165, 1.54) is 19.3 Å². The summed E-state index contributed by atoms with van der Waals surface area (Å²) in [6, 6.07) is 17.5. The van der Waals surface area contributed by atoms with Gasteiger partial charge in [-0.3, -0.25) is 9.59 Å². The monoisotopic (exact) mass is 535 g/mol. The first-order valence-electron chi connectivity index (χ1n) is 13.6. The molecule has 2 aromatic carbocycles. The molecule has 4 rings (SSSR count). The molecule has 0 N–H and O–H groups in total. The van der Waals surface area contributed by atoms with Gasteiger partial charge in [0.1, 0.15) is 5.75 Å². The summed E-state index contributed by atoms with van der Waals surface area (Å²) in [5, 5.41) is 0.665. The van der Waals surface area contributed by atoms with Gasteiger partial charge in [0.25, 0.3) is 5.91 Å². The number of hydrogen-bond acceptors (Lipinski definition) is 3. The number of amides is 2. The summed E-state index contributed by atoms with van der Waals surface area (Å²) in [5.41, 5.74) is 4.38. The third kappa shape index (κ3) is 6.41. The Bertz CT molecular complexity index is 1230. The van der Waals surface area contributed by atoms with Crippen LogP contribution in [0.1, 0.15) is 61.5 Å². The number of carbonyl (C=O) groups excluding carboxylic acids is 2. The van der Waals surface area contributed by atoms with Crippen LogP contribution in [-0.4, -0.2) is 59.5 Å². The molecule has 1 aliphatic rings. The standard InChI is InChI=1S/C31H38ClN3O3/c1-4-5-6-7-8-9-30(36)33-18-20-34(21-19-33)31(37)28-22-29(24-10-12-25(32)13-11-24)35(23(28)2)26-14-16-27(38-3)17-15-26/h10-17,22H,4-9,18-21H2,1-3H3. The van der Waals surface area contributed by atoms with Crippen molar-refractivity contribution in [1.82, 2.24) is 14.4 Å². The molecule has 202 valence electrons. The molecule has 0 bridgehead atoms. The number of rotatable bonds is 10. The molecule has 0 spiro atoms.